The molecular weight excluding hydrogens is 1080 g/mol. The summed E-state index contributed by atoms with van der Waals surface area (Å²) in [5, 5.41) is 113. The lowest BCUT2D eigenvalue weighted by atomic mass is 9.87. The smallest absolute Gasteiger partial charge is 0.283 e. The number of aliphatic hydroxyl groups excluding tert-OH is 9. The van der Waals surface area contributed by atoms with E-state index in [0.717, 1.165) is 51.4 Å². The minimum Gasteiger partial charge on any atom is -0.394 e. The van der Waals surface area contributed by atoms with Crippen LogP contribution in [0.3, 0.4) is 0 Å². The average Bonchev–Trinajstić information content (AvgIpc) is 2.93. The fraction of sp³-hybridized carbons (Fsp3) is 0.952. The Kier molecular flexibility index (Phi) is 42.8. The summed E-state index contributed by atoms with van der Waals surface area (Å²) in [6.45, 7) is 6.80. The van der Waals surface area contributed by atoms with E-state index in [1.54, 1.807) is 0 Å². The second-order valence-electron chi connectivity index (χ2n) is 23.9. The summed E-state index contributed by atoms with van der Waals surface area (Å²) in [5.74, 6) is -4.11. The first-order valence-electron chi connectivity index (χ1n) is 32.5. The second kappa shape index (κ2) is 46.1. The number of hydrogen-bond donors (Lipinski definition) is 12. The maximum absolute atomic E-state index is 13.4. The van der Waals surface area contributed by atoms with Gasteiger partial charge in [-0.05, 0) is 12.8 Å². The first kappa shape index (κ1) is 77.1. The molecule has 0 radical (unpaired) electrons. The van der Waals surface area contributed by atoms with Gasteiger partial charge in [0.2, 0.25) is 11.8 Å². The molecule has 21 heteroatoms. The standard InChI is InChI=1S/C61H116N2O18.CH2O/c1-5-7-9-11-13-15-17-18-19-20-21-22-23-24-25-26-27-29-31-33-35-37-50(69)63-45(36-34-32-30-28-16-14-12-10-8-6-2)41-76-59-51(62-44(4)66)54(72)58(48(40-65)78-59)80-60-56(74)55(73)53(71)49(79-60)42-77-61(75)38-46(67)43(3)57(81-61)52(70)47(68)39-64;1-2/h43,45-49,51-60,64-65,67-68,70-75H,5-42H2,1-4H3,(H,62,66)(H,63,69);1H2/t43-,45?,46-,47-,48?,49?,51?,52-,53+,54-,55+,56?,57?,58-,59-,60+,61-;/m1./s1. The van der Waals surface area contributed by atoms with Crippen molar-refractivity contribution in [1.82, 2.24) is 10.6 Å². The van der Waals surface area contributed by atoms with Crippen LogP contribution in [0, 0.1) is 5.92 Å². The van der Waals surface area contributed by atoms with E-state index < -0.39 is 136 Å². The number of rotatable bonds is 47. The molecular formula is C62H118N2O19. The van der Waals surface area contributed by atoms with Crippen molar-refractivity contribution in [2.24, 2.45) is 5.92 Å². The number of amides is 2. The Balaban J connectivity index is 0.0000116. The summed E-state index contributed by atoms with van der Waals surface area (Å²) >= 11 is 0. The molecule has 490 valence electrons. The molecule has 2 amide bonds. The largest absolute Gasteiger partial charge is 0.394 e. The van der Waals surface area contributed by atoms with E-state index in [1.807, 2.05) is 6.79 Å². The van der Waals surface area contributed by atoms with Crippen molar-refractivity contribution in [1.29, 1.82) is 0 Å². The van der Waals surface area contributed by atoms with Gasteiger partial charge in [-0.1, -0.05) is 213 Å². The molecule has 0 bridgehead atoms. The van der Waals surface area contributed by atoms with Crippen molar-refractivity contribution in [3.05, 3.63) is 0 Å². The van der Waals surface area contributed by atoms with Crippen molar-refractivity contribution < 1.29 is 93.9 Å². The zero-order valence-corrected chi connectivity index (χ0v) is 51.5. The Morgan fingerprint density at radius 2 is 1.08 bits per heavy atom. The van der Waals surface area contributed by atoms with E-state index in [9.17, 15) is 60.7 Å². The third-order valence-corrected chi connectivity index (χ3v) is 16.7. The minimum atomic E-state index is -2.62. The number of nitrogens with one attached hydrogen (secondary N) is 2. The Hall–Kier alpha value is -2.03. The monoisotopic (exact) mass is 1190 g/mol. The highest BCUT2D eigenvalue weighted by molar-refractivity contribution is 5.76. The van der Waals surface area contributed by atoms with Crippen LogP contribution in [0.5, 0.6) is 0 Å². The van der Waals surface area contributed by atoms with E-state index >= 15 is 0 Å². The summed E-state index contributed by atoms with van der Waals surface area (Å²) < 4.78 is 35.3. The molecule has 0 saturated carbocycles. The normalized spacial score (nSPS) is 29.3. The SMILES string of the molecule is C=O.CCCCCCCCCCCCCCCCCCCCCCCC(=O)NC(CCCCCCCCCCCC)CO[C@@H]1OC(CO)[C@@H](O[C@@H]2OC(CO[C@]3(O)C[C@@H](O)[C@@H](C)C([C@H](O)[C@H](O)CO)O3)[C@H](O)[C@H](O)C2O)[C@H](O)C1NC(C)=O. The van der Waals surface area contributed by atoms with Crippen LogP contribution in [0.4, 0.5) is 0 Å². The van der Waals surface area contributed by atoms with Gasteiger partial charge in [0.25, 0.3) is 5.97 Å². The quantitative estimate of drug-likeness (QED) is 0.0240. The summed E-state index contributed by atoms with van der Waals surface area (Å²) in [4.78, 5) is 34.0. The molecule has 0 aromatic carbocycles. The van der Waals surface area contributed by atoms with Crippen LogP contribution in [-0.2, 0) is 42.8 Å². The van der Waals surface area contributed by atoms with E-state index in [0.29, 0.717) is 12.8 Å². The van der Waals surface area contributed by atoms with Crippen molar-refractivity contribution >= 4 is 18.6 Å². The molecule has 3 rings (SSSR count). The van der Waals surface area contributed by atoms with E-state index in [4.69, 9.17) is 33.2 Å². The molecule has 0 spiro atoms. The number of carbonyl (C=O) groups excluding carboxylic acids is 3. The lowest BCUT2D eigenvalue weighted by Gasteiger charge is -2.48. The molecule has 0 aliphatic carbocycles. The summed E-state index contributed by atoms with van der Waals surface area (Å²) in [7, 11) is 0. The van der Waals surface area contributed by atoms with Crippen LogP contribution >= 0.6 is 0 Å². The van der Waals surface area contributed by atoms with Crippen LogP contribution in [0.15, 0.2) is 0 Å². The lowest BCUT2D eigenvalue weighted by molar-refractivity contribution is -0.427. The first-order valence-corrected chi connectivity index (χ1v) is 32.5. The third kappa shape index (κ3) is 30.6. The van der Waals surface area contributed by atoms with Crippen molar-refractivity contribution in [3.63, 3.8) is 0 Å². The van der Waals surface area contributed by atoms with Crippen LogP contribution in [-0.4, -0.2) is 194 Å². The fourth-order valence-corrected chi connectivity index (χ4v) is 11.4. The summed E-state index contributed by atoms with van der Waals surface area (Å²) in [6.07, 6.45) is 17.6. The fourth-order valence-electron chi connectivity index (χ4n) is 11.4. The lowest BCUT2D eigenvalue weighted by Crippen LogP contribution is -2.68. The van der Waals surface area contributed by atoms with Gasteiger partial charge in [0.1, 0.15) is 67.8 Å². The Morgan fingerprint density at radius 1 is 0.627 bits per heavy atom. The summed E-state index contributed by atoms with van der Waals surface area (Å²) in [6, 6.07) is -1.73. The van der Waals surface area contributed by atoms with Crippen LogP contribution in [0.2, 0.25) is 0 Å². The first-order chi connectivity index (χ1) is 40.0. The molecule has 0 aromatic heterocycles. The predicted molar refractivity (Wildman–Crippen MR) is 314 cm³/mol. The van der Waals surface area contributed by atoms with Gasteiger partial charge in [-0.3, -0.25) is 9.59 Å². The predicted octanol–water partition coefficient (Wildman–Crippen LogP) is 6.15. The van der Waals surface area contributed by atoms with Crippen molar-refractivity contribution in [2.75, 3.05) is 26.4 Å². The number of ether oxygens (including phenoxy) is 6. The van der Waals surface area contributed by atoms with Crippen LogP contribution < -0.4 is 10.6 Å². The average molecular weight is 1200 g/mol. The van der Waals surface area contributed by atoms with Gasteiger partial charge in [0.05, 0.1) is 51.1 Å². The molecule has 6 unspecified atom stereocenters. The van der Waals surface area contributed by atoms with Gasteiger partial charge in [-0.15, -0.1) is 0 Å². The van der Waals surface area contributed by atoms with E-state index in [-0.39, 0.29) is 12.5 Å². The Bertz CT molecular complexity index is 1610. The molecule has 17 atom stereocenters. The molecule has 21 nitrogen and oxygen atoms in total. The van der Waals surface area contributed by atoms with Gasteiger partial charge in [0, 0.05) is 19.3 Å². The topological polar surface area (TPSA) is 333 Å². The van der Waals surface area contributed by atoms with Gasteiger partial charge in [-0.2, -0.15) is 0 Å². The zero-order valence-electron chi connectivity index (χ0n) is 51.5. The number of hydrogen-bond acceptors (Lipinski definition) is 19. The maximum Gasteiger partial charge on any atom is 0.283 e. The summed E-state index contributed by atoms with van der Waals surface area (Å²) in [5.41, 5.74) is 0. The number of carbonyl (C=O) groups is 3. The van der Waals surface area contributed by atoms with E-state index in [2.05, 4.69) is 24.5 Å². The highest BCUT2D eigenvalue weighted by Gasteiger charge is 2.53. The van der Waals surface area contributed by atoms with Crippen LogP contribution in [0.25, 0.3) is 0 Å². The van der Waals surface area contributed by atoms with Crippen LogP contribution in [0.1, 0.15) is 246 Å². The minimum absolute atomic E-state index is 0.0381. The van der Waals surface area contributed by atoms with Gasteiger partial charge >= 0.3 is 0 Å². The van der Waals surface area contributed by atoms with Crippen molar-refractivity contribution in [3.8, 4) is 0 Å². The molecule has 3 aliphatic rings. The third-order valence-electron chi connectivity index (χ3n) is 16.7. The Morgan fingerprint density at radius 3 is 1.54 bits per heavy atom. The van der Waals surface area contributed by atoms with Crippen molar-refractivity contribution in [2.45, 2.75) is 344 Å². The zero-order chi connectivity index (χ0) is 61.4. The Labute approximate surface area is 497 Å². The molecule has 12 N–H and O–H groups in total. The van der Waals surface area contributed by atoms with E-state index in [1.165, 1.54) is 162 Å². The molecule has 83 heavy (non-hydrogen) atoms. The molecule has 3 saturated heterocycles. The van der Waals surface area contributed by atoms with Gasteiger partial charge in [0.15, 0.2) is 12.6 Å². The molecule has 3 fully saturated rings. The van der Waals surface area contributed by atoms with Gasteiger partial charge < -0.3 is 94.9 Å². The highest BCUT2D eigenvalue weighted by atomic mass is 16.8. The number of unbranched alkanes of at least 4 members (excludes halogenated alkanes) is 29. The number of aliphatic hydroxyl groups is 10. The molecule has 0 aromatic rings. The highest BCUT2D eigenvalue weighted by Crippen LogP contribution is 2.36. The molecule has 3 aliphatic heterocycles. The molecule has 3 heterocycles. The van der Waals surface area contributed by atoms with Gasteiger partial charge in [-0.25, -0.2) is 0 Å². The second-order valence-corrected chi connectivity index (χ2v) is 23.9. The maximum atomic E-state index is 13.4.